The summed E-state index contributed by atoms with van der Waals surface area (Å²) in [5.41, 5.74) is 0.367. The molecule has 1 aromatic heterocycles. The highest BCUT2D eigenvalue weighted by Crippen LogP contribution is 2.29. The number of anilines is 1. The van der Waals surface area contributed by atoms with Crippen LogP contribution in [0.1, 0.15) is 18.7 Å². The van der Waals surface area contributed by atoms with Gasteiger partial charge in [-0.3, -0.25) is 0 Å². The fourth-order valence-corrected chi connectivity index (χ4v) is 1.67. The molecule has 8 heteroatoms. The number of hydrogen-bond acceptors (Lipinski definition) is 5. The fraction of sp³-hybridized carbons (Fsp3) is 0.333. The molecule has 0 spiro atoms. The minimum Gasteiger partial charge on any atom is -0.433 e. The van der Waals surface area contributed by atoms with E-state index in [4.69, 9.17) is 16.0 Å². The summed E-state index contributed by atoms with van der Waals surface area (Å²) < 4.78 is 34.3. The molecule has 0 bridgehead atoms. The van der Waals surface area contributed by atoms with Crippen LogP contribution in [0.25, 0.3) is 0 Å². The van der Waals surface area contributed by atoms with E-state index in [2.05, 4.69) is 20.3 Å². The Kier molecular flexibility index (Phi) is 4.73. The molecule has 5 nitrogen and oxygen atoms in total. The maximum Gasteiger partial charge on any atom is 0.387 e. The molecule has 20 heavy (non-hydrogen) atoms. The fourth-order valence-electron chi connectivity index (χ4n) is 1.51. The van der Waals surface area contributed by atoms with Crippen molar-refractivity contribution >= 4 is 17.3 Å². The Bertz CT molecular complexity index is 578. The van der Waals surface area contributed by atoms with Crippen molar-refractivity contribution in [1.82, 2.24) is 10.2 Å². The number of nitrogens with one attached hydrogen (secondary N) is 1. The second kappa shape index (κ2) is 6.51. The summed E-state index contributed by atoms with van der Waals surface area (Å²) in [5.74, 6) is 0.837. The van der Waals surface area contributed by atoms with Gasteiger partial charge in [-0.15, -0.1) is 10.2 Å². The Labute approximate surface area is 118 Å². The largest absolute Gasteiger partial charge is 0.433 e. The Hall–Kier alpha value is -1.89. The Morgan fingerprint density at radius 3 is 2.75 bits per heavy atom. The molecular formula is C12H12ClF2N3O2. The first kappa shape index (κ1) is 14.5. The van der Waals surface area contributed by atoms with Gasteiger partial charge in [-0.2, -0.15) is 8.78 Å². The lowest BCUT2D eigenvalue weighted by molar-refractivity contribution is -0.0493. The molecular weight excluding hydrogens is 292 g/mol. The van der Waals surface area contributed by atoms with Crippen LogP contribution in [0.4, 0.5) is 14.5 Å². The molecule has 0 saturated carbocycles. The molecule has 0 aliphatic heterocycles. The number of halogens is 3. The lowest BCUT2D eigenvalue weighted by atomic mass is 10.3. The molecule has 0 amide bonds. The van der Waals surface area contributed by atoms with Crippen molar-refractivity contribution < 1.29 is 17.9 Å². The van der Waals surface area contributed by atoms with Crippen molar-refractivity contribution in [2.24, 2.45) is 0 Å². The molecule has 1 N–H and O–H groups in total. The molecule has 0 saturated heterocycles. The predicted molar refractivity (Wildman–Crippen MR) is 69.1 cm³/mol. The van der Waals surface area contributed by atoms with E-state index in [1.54, 1.807) is 6.07 Å². The average molecular weight is 304 g/mol. The zero-order valence-electron chi connectivity index (χ0n) is 10.6. The number of aryl methyl sites for hydroxylation is 1. The van der Waals surface area contributed by atoms with Gasteiger partial charge < -0.3 is 14.5 Å². The second-order valence-corrected chi connectivity index (χ2v) is 4.25. The van der Waals surface area contributed by atoms with Crippen molar-refractivity contribution in [2.45, 2.75) is 26.5 Å². The smallest absolute Gasteiger partial charge is 0.387 e. The summed E-state index contributed by atoms with van der Waals surface area (Å²) >= 11 is 5.75. The van der Waals surface area contributed by atoms with E-state index < -0.39 is 6.61 Å². The molecule has 2 aromatic rings. The van der Waals surface area contributed by atoms with E-state index in [0.717, 1.165) is 0 Å². The number of ether oxygens (including phenoxy) is 1. The molecule has 0 radical (unpaired) electrons. The topological polar surface area (TPSA) is 60.2 Å². The predicted octanol–water partition coefficient (Wildman–Crippen LogP) is 3.50. The second-order valence-electron chi connectivity index (χ2n) is 3.82. The normalized spacial score (nSPS) is 10.8. The van der Waals surface area contributed by atoms with Gasteiger partial charge >= 0.3 is 6.61 Å². The Morgan fingerprint density at radius 1 is 1.35 bits per heavy atom. The summed E-state index contributed by atoms with van der Waals surface area (Å²) in [6.45, 7) is -0.837. The third kappa shape index (κ3) is 3.80. The van der Waals surface area contributed by atoms with Gasteiger partial charge in [-0.05, 0) is 12.1 Å². The highest BCUT2D eigenvalue weighted by molar-refractivity contribution is 6.30. The van der Waals surface area contributed by atoms with Gasteiger partial charge in [-0.1, -0.05) is 18.5 Å². The van der Waals surface area contributed by atoms with Crippen molar-refractivity contribution in [3.05, 3.63) is 35.0 Å². The van der Waals surface area contributed by atoms with Crippen LogP contribution < -0.4 is 10.1 Å². The van der Waals surface area contributed by atoms with Crippen LogP contribution in [-0.2, 0) is 13.0 Å². The maximum atomic E-state index is 12.3. The van der Waals surface area contributed by atoms with E-state index in [-0.39, 0.29) is 12.3 Å². The van der Waals surface area contributed by atoms with Crippen molar-refractivity contribution in [1.29, 1.82) is 0 Å². The zero-order valence-corrected chi connectivity index (χ0v) is 11.3. The molecule has 1 aromatic carbocycles. The minimum atomic E-state index is -2.93. The van der Waals surface area contributed by atoms with Crippen molar-refractivity contribution in [3.63, 3.8) is 0 Å². The van der Waals surface area contributed by atoms with E-state index in [9.17, 15) is 8.78 Å². The summed E-state index contributed by atoms with van der Waals surface area (Å²) in [6.07, 6.45) is 0.633. The Balaban J connectivity index is 2.08. The minimum absolute atomic E-state index is 0.0391. The Morgan fingerprint density at radius 2 is 2.10 bits per heavy atom. The van der Waals surface area contributed by atoms with Crippen LogP contribution >= 0.6 is 11.6 Å². The molecule has 0 atom stereocenters. The van der Waals surface area contributed by atoms with Crippen molar-refractivity contribution in [2.75, 3.05) is 5.32 Å². The zero-order chi connectivity index (χ0) is 14.5. The SMILES string of the molecule is CCc1nnc(CNc2ccc(Cl)cc2OC(F)F)o1. The van der Waals surface area contributed by atoms with E-state index in [1.807, 2.05) is 6.92 Å². The summed E-state index contributed by atoms with van der Waals surface area (Å²) in [6, 6.07) is 4.41. The standard InChI is InChI=1S/C12H12ClF2N3O2/c1-2-10-17-18-11(20-10)6-16-8-4-3-7(13)5-9(8)19-12(14)15/h3-5,12,16H,2,6H2,1H3. The first-order valence-electron chi connectivity index (χ1n) is 5.88. The monoisotopic (exact) mass is 303 g/mol. The van der Waals surface area contributed by atoms with Gasteiger partial charge in [-0.25, -0.2) is 0 Å². The molecule has 1 heterocycles. The van der Waals surface area contributed by atoms with Gasteiger partial charge in [0, 0.05) is 17.5 Å². The highest BCUT2D eigenvalue weighted by atomic mass is 35.5. The number of nitrogens with zero attached hydrogens (tertiary/aromatic N) is 2. The van der Waals surface area contributed by atoms with Gasteiger partial charge in [0.1, 0.15) is 0 Å². The lowest BCUT2D eigenvalue weighted by Crippen LogP contribution is -2.06. The van der Waals surface area contributed by atoms with Crippen molar-refractivity contribution in [3.8, 4) is 5.75 Å². The number of benzene rings is 1. The van der Waals surface area contributed by atoms with Crippen LogP contribution in [0.5, 0.6) is 5.75 Å². The van der Waals surface area contributed by atoms with E-state index >= 15 is 0 Å². The number of alkyl halides is 2. The van der Waals surface area contributed by atoms with Crippen LogP contribution in [0.15, 0.2) is 22.6 Å². The van der Waals surface area contributed by atoms with Gasteiger partial charge in [0.25, 0.3) is 0 Å². The molecule has 0 aliphatic rings. The van der Waals surface area contributed by atoms with E-state index in [0.29, 0.717) is 28.9 Å². The number of aromatic nitrogens is 2. The number of rotatable bonds is 6. The molecule has 0 unspecified atom stereocenters. The van der Waals surface area contributed by atoms with Gasteiger partial charge in [0.05, 0.1) is 12.2 Å². The first-order valence-corrected chi connectivity index (χ1v) is 6.25. The van der Waals surface area contributed by atoms with Crippen LogP contribution in [0.3, 0.4) is 0 Å². The van der Waals surface area contributed by atoms with Crippen LogP contribution in [0.2, 0.25) is 5.02 Å². The molecule has 2 rings (SSSR count). The van der Waals surface area contributed by atoms with Crippen LogP contribution in [-0.4, -0.2) is 16.8 Å². The maximum absolute atomic E-state index is 12.3. The summed E-state index contributed by atoms with van der Waals surface area (Å²) in [4.78, 5) is 0. The van der Waals surface area contributed by atoms with E-state index in [1.165, 1.54) is 12.1 Å². The highest BCUT2D eigenvalue weighted by Gasteiger charge is 2.11. The summed E-state index contributed by atoms with van der Waals surface area (Å²) in [7, 11) is 0. The third-order valence-electron chi connectivity index (χ3n) is 2.40. The number of hydrogen-bond donors (Lipinski definition) is 1. The first-order chi connectivity index (χ1) is 9.58. The summed E-state index contributed by atoms with van der Waals surface area (Å²) in [5, 5.41) is 10.8. The third-order valence-corrected chi connectivity index (χ3v) is 2.64. The molecule has 0 aliphatic carbocycles. The lowest BCUT2D eigenvalue weighted by Gasteiger charge is -2.11. The molecule has 0 fully saturated rings. The van der Waals surface area contributed by atoms with Gasteiger partial charge in [0.15, 0.2) is 5.75 Å². The quantitative estimate of drug-likeness (QED) is 0.885. The van der Waals surface area contributed by atoms with Crippen LogP contribution in [0, 0.1) is 0 Å². The van der Waals surface area contributed by atoms with Gasteiger partial charge in [0.2, 0.25) is 11.8 Å². The average Bonchev–Trinajstić information content (AvgIpc) is 2.85. The molecule has 108 valence electrons.